The normalized spacial score (nSPS) is 12.0. The number of hydrogen-bond acceptors (Lipinski definition) is 8. The van der Waals surface area contributed by atoms with Crippen molar-refractivity contribution in [2.24, 2.45) is 0 Å². The molecule has 3 aromatic rings. The second-order valence-electron chi connectivity index (χ2n) is 6.80. The first-order valence-corrected chi connectivity index (χ1v) is 10.8. The van der Waals surface area contributed by atoms with E-state index in [1.54, 1.807) is 29.8 Å². The van der Waals surface area contributed by atoms with Gasteiger partial charge in [-0.2, -0.15) is 29.8 Å². The maximum absolute atomic E-state index is 13.5. The van der Waals surface area contributed by atoms with Crippen LogP contribution in [0.3, 0.4) is 0 Å². The number of alkyl halides is 3. The number of halogens is 3. The Kier molecular flexibility index (Phi) is 7.52. The van der Waals surface area contributed by atoms with Gasteiger partial charge in [-0.05, 0) is 60.0 Å². The third kappa shape index (κ3) is 5.90. The average molecular weight is 493 g/mol. The van der Waals surface area contributed by atoms with Crippen molar-refractivity contribution >= 4 is 23.4 Å². The number of rotatable bonds is 7. The fourth-order valence-corrected chi connectivity index (χ4v) is 3.54. The smallest absolute Gasteiger partial charge is 0.416 e. The molecule has 1 unspecified atom stereocenters. The Hall–Kier alpha value is -3.92. The molecule has 0 spiro atoms. The highest BCUT2D eigenvalue weighted by atomic mass is 32.1. The molecule has 2 heterocycles. The second kappa shape index (κ2) is 10.3. The molecular formula is C21H18F3N5O4S. The van der Waals surface area contributed by atoms with E-state index in [4.69, 9.17) is 4.74 Å². The Labute approximate surface area is 195 Å². The maximum Gasteiger partial charge on any atom is 0.416 e. The summed E-state index contributed by atoms with van der Waals surface area (Å²) >= 11 is 1.33. The molecule has 1 atom stereocenters. The predicted octanol–water partition coefficient (Wildman–Crippen LogP) is 4.37. The number of nitrogens with zero attached hydrogens (tertiary/aromatic N) is 4. The lowest BCUT2D eigenvalue weighted by atomic mass is 9.99. The van der Waals surface area contributed by atoms with Gasteiger partial charge in [0.2, 0.25) is 6.23 Å². The van der Waals surface area contributed by atoms with Crippen LogP contribution in [-0.4, -0.2) is 40.2 Å². The minimum Gasteiger partial charge on any atom is -0.465 e. The molecule has 0 aliphatic rings. The van der Waals surface area contributed by atoms with Gasteiger partial charge in [0, 0.05) is 5.56 Å². The zero-order chi connectivity index (χ0) is 24.9. The highest BCUT2D eigenvalue weighted by molar-refractivity contribution is 7.08. The molecule has 1 amide bonds. The minimum atomic E-state index is -4.63. The Bertz CT molecular complexity index is 1220. The van der Waals surface area contributed by atoms with Gasteiger partial charge in [-0.3, -0.25) is 4.79 Å². The Morgan fingerprint density at radius 2 is 1.97 bits per heavy atom. The lowest BCUT2D eigenvalue weighted by Gasteiger charge is -2.13. The van der Waals surface area contributed by atoms with Gasteiger partial charge in [0.1, 0.15) is 18.3 Å². The summed E-state index contributed by atoms with van der Waals surface area (Å²) in [5, 5.41) is 23.1. The number of benzene rings is 1. The maximum atomic E-state index is 13.5. The number of esters is 1. The number of nitriles is 1. The van der Waals surface area contributed by atoms with E-state index in [-0.39, 0.29) is 23.6 Å². The van der Waals surface area contributed by atoms with Gasteiger partial charge in [-0.15, -0.1) is 15.0 Å². The summed E-state index contributed by atoms with van der Waals surface area (Å²) in [5.41, 5.74) is -0.360. The van der Waals surface area contributed by atoms with E-state index in [0.717, 1.165) is 16.9 Å². The molecule has 3 rings (SSSR count). The van der Waals surface area contributed by atoms with Crippen molar-refractivity contribution in [1.29, 1.82) is 5.26 Å². The average Bonchev–Trinajstić information content (AvgIpc) is 3.47. The van der Waals surface area contributed by atoms with Crippen molar-refractivity contribution < 1.29 is 32.2 Å². The monoisotopic (exact) mass is 493 g/mol. The number of ether oxygens (including phenoxy) is 2. The molecule has 34 heavy (non-hydrogen) atoms. The molecular weight excluding hydrogens is 475 g/mol. The van der Waals surface area contributed by atoms with Gasteiger partial charge in [0.15, 0.2) is 5.69 Å². The third-order valence-corrected chi connectivity index (χ3v) is 5.09. The fourth-order valence-electron chi connectivity index (χ4n) is 2.88. The molecule has 0 aliphatic carbocycles. The number of amides is 1. The molecule has 178 valence electrons. The third-order valence-electron chi connectivity index (χ3n) is 4.41. The summed E-state index contributed by atoms with van der Waals surface area (Å²) in [4.78, 5) is 24.1. The quantitative estimate of drug-likeness (QED) is 0.486. The van der Waals surface area contributed by atoms with Crippen molar-refractivity contribution in [3.63, 3.8) is 0 Å². The van der Waals surface area contributed by atoms with Gasteiger partial charge in [-0.25, -0.2) is 4.79 Å². The van der Waals surface area contributed by atoms with Gasteiger partial charge >= 0.3 is 18.2 Å². The minimum absolute atomic E-state index is 0.0257. The molecule has 9 nitrogen and oxygen atoms in total. The number of thiophene rings is 1. The topological polar surface area (TPSA) is 119 Å². The van der Waals surface area contributed by atoms with Gasteiger partial charge in [-0.1, -0.05) is 0 Å². The number of aromatic nitrogens is 3. The molecule has 0 saturated carbocycles. The van der Waals surface area contributed by atoms with E-state index in [0.29, 0.717) is 11.1 Å². The van der Waals surface area contributed by atoms with Crippen molar-refractivity contribution in [1.82, 2.24) is 20.3 Å². The van der Waals surface area contributed by atoms with Crippen molar-refractivity contribution in [3.05, 3.63) is 46.3 Å². The zero-order valence-corrected chi connectivity index (χ0v) is 18.7. The van der Waals surface area contributed by atoms with Crippen LogP contribution in [0.1, 0.15) is 31.3 Å². The largest absolute Gasteiger partial charge is 0.465 e. The first-order valence-electron chi connectivity index (χ1n) is 9.84. The van der Waals surface area contributed by atoms with Crippen molar-refractivity contribution in [2.45, 2.75) is 26.3 Å². The van der Waals surface area contributed by atoms with Crippen LogP contribution in [0.25, 0.3) is 22.4 Å². The molecule has 0 fully saturated rings. The zero-order valence-electron chi connectivity index (χ0n) is 17.9. The van der Waals surface area contributed by atoms with Crippen LogP contribution in [-0.2, 0) is 20.4 Å². The van der Waals surface area contributed by atoms with E-state index in [1.807, 2.05) is 0 Å². The van der Waals surface area contributed by atoms with Crippen molar-refractivity contribution in [3.8, 4) is 28.5 Å². The Morgan fingerprint density at radius 3 is 2.59 bits per heavy atom. The molecule has 13 heteroatoms. The van der Waals surface area contributed by atoms with Gasteiger partial charge in [0.25, 0.3) is 0 Å². The number of carbonyl (C=O) groups excluding carboxylic acids is 2. The lowest BCUT2D eigenvalue weighted by Crippen LogP contribution is -2.32. The highest BCUT2D eigenvalue weighted by Crippen LogP contribution is 2.37. The summed E-state index contributed by atoms with van der Waals surface area (Å²) in [6, 6.07) is 6.85. The van der Waals surface area contributed by atoms with Crippen LogP contribution in [0.4, 0.5) is 18.0 Å². The lowest BCUT2D eigenvalue weighted by molar-refractivity contribution is -0.142. The first kappa shape index (κ1) is 24.7. The van der Waals surface area contributed by atoms with E-state index in [2.05, 4.69) is 20.3 Å². The Morgan fingerprint density at radius 1 is 1.24 bits per heavy atom. The van der Waals surface area contributed by atoms with E-state index in [9.17, 15) is 28.0 Å². The van der Waals surface area contributed by atoms with Crippen LogP contribution >= 0.6 is 11.3 Å². The molecule has 1 aromatic carbocycles. The summed E-state index contributed by atoms with van der Waals surface area (Å²) in [6.45, 7) is 2.72. The van der Waals surface area contributed by atoms with Crippen LogP contribution < -0.4 is 5.32 Å². The fraction of sp³-hybridized carbons (Fsp3) is 0.286. The Balaban J connectivity index is 1.89. The molecule has 0 radical (unpaired) electrons. The summed E-state index contributed by atoms with van der Waals surface area (Å²) < 4.78 is 50.4. The number of hydrogen-bond donors (Lipinski definition) is 1. The van der Waals surface area contributed by atoms with Gasteiger partial charge in [0.05, 0.1) is 12.2 Å². The highest BCUT2D eigenvalue weighted by Gasteiger charge is 2.32. The standard InChI is InChI=1S/C21H18F3N5O4S/c1-3-32-18(30)10-26-20(31)33-12(2)29-27-17(9-25)19(28-29)15-6-14(13-4-5-34-11-13)7-16(8-15)21(22,23)24/h4-8,11-12H,3,10H2,1-2H3,(H,26,31). The number of carbonyl (C=O) groups is 2. The molecule has 0 aliphatic heterocycles. The summed E-state index contributed by atoms with van der Waals surface area (Å²) in [7, 11) is 0. The van der Waals surface area contributed by atoms with E-state index >= 15 is 0 Å². The molecule has 0 bridgehead atoms. The number of alkyl carbamates (subject to hydrolysis) is 1. The molecule has 1 N–H and O–H groups in total. The van der Waals surface area contributed by atoms with Crippen molar-refractivity contribution in [2.75, 3.05) is 13.2 Å². The first-order chi connectivity index (χ1) is 16.1. The van der Waals surface area contributed by atoms with Crippen LogP contribution in [0, 0.1) is 11.3 Å². The van der Waals surface area contributed by atoms with Crippen LogP contribution in [0.5, 0.6) is 0 Å². The SMILES string of the molecule is CCOC(=O)CNC(=O)OC(C)n1nc(C#N)c(-c2cc(-c3ccsc3)cc(C(F)(F)F)c2)n1. The van der Waals surface area contributed by atoms with E-state index in [1.165, 1.54) is 24.3 Å². The summed E-state index contributed by atoms with van der Waals surface area (Å²) in [6.07, 6.45) is -6.74. The number of nitrogens with one attached hydrogen (secondary N) is 1. The molecule has 2 aromatic heterocycles. The predicted molar refractivity (Wildman–Crippen MR) is 114 cm³/mol. The van der Waals surface area contributed by atoms with Gasteiger partial charge < -0.3 is 14.8 Å². The molecule has 0 saturated heterocycles. The van der Waals surface area contributed by atoms with Crippen LogP contribution in [0.2, 0.25) is 0 Å². The second-order valence-corrected chi connectivity index (χ2v) is 7.58. The van der Waals surface area contributed by atoms with Crippen LogP contribution in [0.15, 0.2) is 35.0 Å². The summed E-state index contributed by atoms with van der Waals surface area (Å²) in [5.74, 6) is -0.663. The van der Waals surface area contributed by atoms with E-state index < -0.39 is 36.6 Å².